The summed E-state index contributed by atoms with van der Waals surface area (Å²) in [6, 6.07) is 4.04. The van der Waals surface area contributed by atoms with Gasteiger partial charge in [0.1, 0.15) is 5.75 Å². The molecule has 8 heteroatoms. The topological polar surface area (TPSA) is 89.8 Å². The van der Waals surface area contributed by atoms with Crippen molar-refractivity contribution >= 4 is 34.7 Å². The van der Waals surface area contributed by atoms with Crippen LogP contribution in [-0.2, 0) is 4.79 Å². The molecule has 1 aromatic rings. The molecule has 1 aromatic carbocycles. The SMILES string of the molecule is C=CCN1C(=O)S/C(=C/c2cc([N+](=O)[O-])ccc2OC)C1=O. The second kappa shape index (κ2) is 6.44. The standard InChI is InChI=1S/C14H12N2O5S/c1-3-6-15-13(17)12(22-14(15)18)8-9-7-10(16(19)20)4-5-11(9)21-2/h3-5,7-8H,1,6H2,2H3/b12-8+. The first-order chi connectivity index (χ1) is 10.5. The molecule has 0 radical (unpaired) electrons. The molecule has 1 saturated heterocycles. The number of thioether (sulfide) groups is 1. The van der Waals surface area contributed by atoms with Crippen LogP contribution in [0.2, 0.25) is 0 Å². The molecule has 2 rings (SSSR count). The van der Waals surface area contributed by atoms with Crippen LogP contribution in [-0.4, -0.2) is 34.6 Å². The van der Waals surface area contributed by atoms with E-state index in [-0.39, 0.29) is 17.1 Å². The highest BCUT2D eigenvalue weighted by Gasteiger charge is 2.34. The summed E-state index contributed by atoms with van der Waals surface area (Å²) in [5, 5.41) is 10.4. The Morgan fingerprint density at radius 2 is 2.18 bits per heavy atom. The highest BCUT2D eigenvalue weighted by molar-refractivity contribution is 8.18. The zero-order valence-corrected chi connectivity index (χ0v) is 12.5. The Kier molecular flexibility index (Phi) is 4.62. The van der Waals surface area contributed by atoms with Gasteiger partial charge < -0.3 is 4.74 Å². The van der Waals surface area contributed by atoms with Crippen LogP contribution in [0.15, 0.2) is 35.8 Å². The lowest BCUT2D eigenvalue weighted by Gasteiger charge is -2.08. The van der Waals surface area contributed by atoms with Gasteiger partial charge in [-0.2, -0.15) is 0 Å². The van der Waals surface area contributed by atoms with E-state index in [4.69, 9.17) is 4.74 Å². The number of ether oxygens (including phenoxy) is 1. The number of hydrogen-bond acceptors (Lipinski definition) is 6. The van der Waals surface area contributed by atoms with Crippen LogP contribution in [0.4, 0.5) is 10.5 Å². The number of carbonyl (C=O) groups is 2. The number of non-ortho nitro benzene ring substituents is 1. The van der Waals surface area contributed by atoms with E-state index in [2.05, 4.69) is 6.58 Å². The fraction of sp³-hybridized carbons (Fsp3) is 0.143. The first kappa shape index (κ1) is 15.8. The minimum atomic E-state index is -0.541. The molecule has 1 aliphatic heterocycles. The van der Waals surface area contributed by atoms with Gasteiger partial charge in [-0.25, -0.2) is 0 Å². The Morgan fingerprint density at radius 1 is 1.45 bits per heavy atom. The second-order valence-electron chi connectivity index (χ2n) is 4.26. The summed E-state index contributed by atoms with van der Waals surface area (Å²) in [4.78, 5) is 35.4. The molecule has 2 amide bonds. The molecule has 0 aliphatic carbocycles. The van der Waals surface area contributed by atoms with E-state index in [1.807, 2.05) is 0 Å². The fourth-order valence-electron chi connectivity index (χ4n) is 1.88. The van der Waals surface area contributed by atoms with Gasteiger partial charge in [0.2, 0.25) is 0 Å². The van der Waals surface area contributed by atoms with Gasteiger partial charge in [-0.1, -0.05) is 6.08 Å². The molecule has 0 spiro atoms. The Labute approximate surface area is 130 Å². The van der Waals surface area contributed by atoms with Crippen LogP contribution >= 0.6 is 11.8 Å². The lowest BCUT2D eigenvalue weighted by atomic mass is 10.1. The van der Waals surface area contributed by atoms with Gasteiger partial charge in [-0.15, -0.1) is 6.58 Å². The van der Waals surface area contributed by atoms with Gasteiger partial charge in [0.05, 0.1) is 16.9 Å². The van der Waals surface area contributed by atoms with Crippen LogP contribution in [0.1, 0.15) is 5.56 Å². The first-order valence-corrected chi connectivity index (χ1v) is 6.98. The van der Waals surface area contributed by atoms with Gasteiger partial charge >= 0.3 is 0 Å². The zero-order valence-electron chi connectivity index (χ0n) is 11.6. The molecule has 1 fully saturated rings. The van der Waals surface area contributed by atoms with Crippen molar-refractivity contribution in [1.82, 2.24) is 4.90 Å². The molecule has 114 valence electrons. The predicted octanol–water partition coefficient (Wildman–Crippen LogP) is 2.83. The molecule has 0 saturated carbocycles. The van der Waals surface area contributed by atoms with Crippen LogP contribution in [0.3, 0.4) is 0 Å². The Bertz CT molecular complexity index is 698. The van der Waals surface area contributed by atoms with E-state index in [0.29, 0.717) is 11.3 Å². The summed E-state index contributed by atoms with van der Waals surface area (Å²) in [6.07, 6.45) is 2.87. The minimum absolute atomic E-state index is 0.119. The Balaban J connectivity index is 2.42. The summed E-state index contributed by atoms with van der Waals surface area (Å²) in [6.45, 7) is 3.61. The molecule has 0 bridgehead atoms. The lowest BCUT2D eigenvalue weighted by Crippen LogP contribution is -2.27. The first-order valence-electron chi connectivity index (χ1n) is 6.16. The predicted molar refractivity (Wildman–Crippen MR) is 82.5 cm³/mol. The van der Waals surface area contributed by atoms with Crippen molar-refractivity contribution < 1.29 is 19.2 Å². The number of methoxy groups -OCH3 is 1. The highest BCUT2D eigenvalue weighted by Crippen LogP contribution is 2.34. The lowest BCUT2D eigenvalue weighted by molar-refractivity contribution is -0.384. The smallest absolute Gasteiger partial charge is 0.293 e. The largest absolute Gasteiger partial charge is 0.496 e. The van der Waals surface area contributed by atoms with Crippen molar-refractivity contribution in [3.8, 4) is 5.75 Å². The van der Waals surface area contributed by atoms with Gasteiger partial charge in [0.15, 0.2) is 0 Å². The molecule has 22 heavy (non-hydrogen) atoms. The second-order valence-corrected chi connectivity index (χ2v) is 5.26. The number of benzene rings is 1. The van der Waals surface area contributed by atoms with E-state index >= 15 is 0 Å². The number of nitro benzene ring substituents is 1. The van der Waals surface area contributed by atoms with Gasteiger partial charge in [0.25, 0.3) is 16.8 Å². The van der Waals surface area contributed by atoms with E-state index in [1.54, 1.807) is 0 Å². The van der Waals surface area contributed by atoms with Gasteiger partial charge in [0, 0.05) is 24.2 Å². The van der Waals surface area contributed by atoms with E-state index in [1.165, 1.54) is 37.5 Å². The molecule has 1 aliphatic rings. The average Bonchev–Trinajstić information content (AvgIpc) is 2.75. The quantitative estimate of drug-likeness (QED) is 0.359. The van der Waals surface area contributed by atoms with E-state index < -0.39 is 16.1 Å². The fourth-order valence-corrected chi connectivity index (χ4v) is 2.71. The molecular weight excluding hydrogens is 308 g/mol. The number of rotatable bonds is 5. The molecule has 7 nitrogen and oxygen atoms in total. The maximum absolute atomic E-state index is 12.1. The maximum Gasteiger partial charge on any atom is 0.293 e. The van der Waals surface area contributed by atoms with Crippen molar-refractivity contribution in [1.29, 1.82) is 0 Å². The van der Waals surface area contributed by atoms with Crippen LogP contribution in [0.25, 0.3) is 6.08 Å². The van der Waals surface area contributed by atoms with E-state index in [9.17, 15) is 19.7 Å². The molecule has 0 N–H and O–H groups in total. The van der Waals surface area contributed by atoms with Crippen molar-refractivity contribution in [2.45, 2.75) is 0 Å². The third-order valence-corrected chi connectivity index (χ3v) is 3.80. The normalized spacial score (nSPS) is 16.2. The van der Waals surface area contributed by atoms with Gasteiger partial charge in [-0.05, 0) is 23.9 Å². The monoisotopic (exact) mass is 320 g/mol. The van der Waals surface area contributed by atoms with Crippen LogP contribution in [0.5, 0.6) is 5.75 Å². The summed E-state index contributed by atoms with van der Waals surface area (Å²) in [5.41, 5.74) is 0.234. The number of nitrogens with zero attached hydrogens (tertiary/aromatic N) is 2. The number of nitro groups is 1. The number of carbonyl (C=O) groups excluding carboxylic acids is 2. The number of amides is 2. The molecule has 0 aromatic heterocycles. The van der Waals surface area contributed by atoms with Crippen LogP contribution < -0.4 is 4.74 Å². The minimum Gasteiger partial charge on any atom is -0.496 e. The molecule has 0 atom stereocenters. The van der Waals surface area contributed by atoms with Crippen molar-refractivity contribution in [2.24, 2.45) is 0 Å². The highest BCUT2D eigenvalue weighted by atomic mass is 32.2. The Hall–Kier alpha value is -2.61. The summed E-state index contributed by atoms with van der Waals surface area (Å²) in [7, 11) is 1.42. The third-order valence-electron chi connectivity index (χ3n) is 2.90. The maximum atomic E-state index is 12.1. The summed E-state index contributed by atoms with van der Waals surface area (Å²) >= 11 is 0.775. The van der Waals surface area contributed by atoms with Crippen molar-refractivity contribution in [3.05, 3.63) is 51.4 Å². The summed E-state index contributed by atoms with van der Waals surface area (Å²) in [5.74, 6) is -0.0791. The molecule has 0 unspecified atom stereocenters. The average molecular weight is 320 g/mol. The molecular formula is C14H12N2O5S. The van der Waals surface area contributed by atoms with Crippen LogP contribution in [0, 0.1) is 10.1 Å². The Morgan fingerprint density at radius 3 is 2.77 bits per heavy atom. The van der Waals surface area contributed by atoms with Crippen molar-refractivity contribution in [2.75, 3.05) is 13.7 Å². The van der Waals surface area contributed by atoms with Crippen molar-refractivity contribution in [3.63, 3.8) is 0 Å². The summed E-state index contributed by atoms with van der Waals surface area (Å²) < 4.78 is 5.12. The number of imide groups is 1. The molecule has 1 heterocycles. The number of hydrogen-bond donors (Lipinski definition) is 0. The zero-order chi connectivity index (χ0) is 16.3. The third kappa shape index (κ3) is 3.01. The van der Waals surface area contributed by atoms with E-state index in [0.717, 1.165) is 16.7 Å². The van der Waals surface area contributed by atoms with Gasteiger partial charge in [-0.3, -0.25) is 24.6 Å².